The molecule has 0 aliphatic carbocycles. The Labute approximate surface area is 157 Å². The van der Waals surface area contributed by atoms with E-state index < -0.39 is 0 Å². The topological polar surface area (TPSA) is 71.8 Å². The molecule has 2 aliphatic heterocycles. The van der Waals surface area contributed by atoms with Gasteiger partial charge < -0.3 is 19.4 Å². The number of anilines is 1. The summed E-state index contributed by atoms with van der Waals surface area (Å²) < 4.78 is 10.8. The molecule has 2 amide bonds. The SMILES string of the molecule is O=C(/C=C/c1ccoc1)Nc1ccc2c(c1)C(=O)N1CCCC[C@H]1CCO2. The van der Waals surface area contributed by atoms with Gasteiger partial charge in [0.1, 0.15) is 5.75 Å². The Balaban J connectivity index is 1.53. The third-order valence-corrected chi connectivity index (χ3v) is 5.04. The summed E-state index contributed by atoms with van der Waals surface area (Å²) >= 11 is 0. The highest BCUT2D eigenvalue weighted by Gasteiger charge is 2.31. The third kappa shape index (κ3) is 3.89. The predicted octanol–water partition coefficient (Wildman–Crippen LogP) is 3.71. The van der Waals surface area contributed by atoms with Crippen LogP contribution in [0.4, 0.5) is 5.69 Å². The summed E-state index contributed by atoms with van der Waals surface area (Å²) in [5.41, 5.74) is 1.89. The lowest BCUT2D eigenvalue weighted by molar-refractivity contribution is -0.111. The standard InChI is InChI=1S/C21H22N2O4/c24-20(7-4-15-8-11-26-14-15)22-16-5-6-19-18(13-16)21(25)23-10-2-1-3-17(23)9-12-27-19/h4-8,11,13-14,17H,1-3,9-10,12H2,(H,22,24)/b7-4+/t17-/m0/s1. The lowest BCUT2D eigenvalue weighted by Gasteiger charge is -2.37. The summed E-state index contributed by atoms with van der Waals surface area (Å²) in [6, 6.07) is 7.23. The number of carbonyl (C=O) groups is 2. The molecule has 3 heterocycles. The van der Waals surface area contributed by atoms with E-state index >= 15 is 0 Å². The zero-order valence-corrected chi connectivity index (χ0v) is 15.0. The van der Waals surface area contributed by atoms with Gasteiger partial charge in [0.2, 0.25) is 5.91 Å². The molecule has 2 aromatic rings. The molecule has 1 fully saturated rings. The molecule has 1 aromatic heterocycles. The third-order valence-electron chi connectivity index (χ3n) is 5.04. The molecule has 6 nitrogen and oxygen atoms in total. The molecule has 4 rings (SSSR count). The van der Waals surface area contributed by atoms with E-state index in [-0.39, 0.29) is 17.9 Å². The van der Waals surface area contributed by atoms with Gasteiger partial charge in [-0.05, 0) is 49.6 Å². The van der Waals surface area contributed by atoms with Gasteiger partial charge in [-0.3, -0.25) is 9.59 Å². The molecule has 0 radical (unpaired) electrons. The molecular weight excluding hydrogens is 344 g/mol. The van der Waals surface area contributed by atoms with Crippen LogP contribution in [0.25, 0.3) is 6.08 Å². The van der Waals surface area contributed by atoms with Crippen LogP contribution in [-0.2, 0) is 4.79 Å². The lowest BCUT2D eigenvalue weighted by atomic mass is 9.97. The summed E-state index contributed by atoms with van der Waals surface area (Å²) in [4.78, 5) is 27.2. The quantitative estimate of drug-likeness (QED) is 0.841. The van der Waals surface area contributed by atoms with Crippen LogP contribution in [0, 0.1) is 0 Å². The first-order valence-electron chi connectivity index (χ1n) is 9.30. The highest BCUT2D eigenvalue weighted by Crippen LogP contribution is 2.30. The van der Waals surface area contributed by atoms with Crippen molar-refractivity contribution in [2.75, 3.05) is 18.5 Å². The molecule has 1 N–H and O–H groups in total. The Hall–Kier alpha value is -3.02. The summed E-state index contributed by atoms with van der Waals surface area (Å²) in [6.45, 7) is 1.38. The average Bonchev–Trinajstić information content (AvgIpc) is 3.20. The van der Waals surface area contributed by atoms with Gasteiger partial charge in [-0.25, -0.2) is 0 Å². The van der Waals surface area contributed by atoms with Gasteiger partial charge >= 0.3 is 0 Å². The van der Waals surface area contributed by atoms with Crippen molar-refractivity contribution < 1.29 is 18.7 Å². The number of benzene rings is 1. The monoisotopic (exact) mass is 366 g/mol. The molecule has 0 bridgehead atoms. The molecule has 6 heteroatoms. The molecule has 0 unspecified atom stereocenters. The van der Waals surface area contributed by atoms with Crippen LogP contribution in [0.5, 0.6) is 5.75 Å². The van der Waals surface area contributed by atoms with E-state index in [1.54, 1.807) is 42.9 Å². The maximum atomic E-state index is 13.1. The van der Waals surface area contributed by atoms with Crippen LogP contribution in [0.1, 0.15) is 41.6 Å². The van der Waals surface area contributed by atoms with Crippen molar-refractivity contribution in [3.63, 3.8) is 0 Å². The highest BCUT2D eigenvalue weighted by molar-refractivity contribution is 6.04. The van der Waals surface area contributed by atoms with Gasteiger partial charge in [0.15, 0.2) is 0 Å². The smallest absolute Gasteiger partial charge is 0.257 e. The molecule has 1 saturated heterocycles. The van der Waals surface area contributed by atoms with Gasteiger partial charge in [-0.1, -0.05) is 0 Å². The summed E-state index contributed by atoms with van der Waals surface area (Å²) in [5.74, 6) is 0.293. The van der Waals surface area contributed by atoms with E-state index in [9.17, 15) is 9.59 Å². The number of carbonyl (C=O) groups excluding carboxylic acids is 2. The summed E-state index contributed by atoms with van der Waals surface area (Å²) in [6.07, 6.45) is 10.3. The minimum atomic E-state index is -0.272. The van der Waals surface area contributed by atoms with Crippen LogP contribution in [0.3, 0.4) is 0 Å². The molecular formula is C21H22N2O4. The Bertz CT molecular complexity index is 857. The van der Waals surface area contributed by atoms with E-state index in [1.165, 1.54) is 6.08 Å². The second kappa shape index (κ2) is 7.70. The van der Waals surface area contributed by atoms with Crippen molar-refractivity contribution in [2.24, 2.45) is 0 Å². The number of amides is 2. The fourth-order valence-electron chi connectivity index (χ4n) is 3.65. The second-order valence-corrected chi connectivity index (χ2v) is 6.88. The second-order valence-electron chi connectivity index (χ2n) is 6.88. The van der Waals surface area contributed by atoms with E-state index in [2.05, 4.69) is 5.32 Å². The number of ether oxygens (including phenoxy) is 1. The Morgan fingerprint density at radius 2 is 2.15 bits per heavy atom. The maximum absolute atomic E-state index is 13.1. The van der Waals surface area contributed by atoms with E-state index in [1.807, 2.05) is 4.90 Å². The van der Waals surface area contributed by atoms with E-state index in [0.29, 0.717) is 23.6 Å². The zero-order valence-electron chi connectivity index (χ0n) is 15.0. The van der Waals surface area contributed by atoms with Crippen molar-refractivity contribution in [3.05, 3.63) is 54.0 Å². The van der Waals surface area contributed by atoms with Crippen LogP contribution in [0.2, 0.25) is 0 Å². The van der Waals surface area contributed by atoms with Gasteiger partial charge in [0, 0.05) is 36.3 Å². The molecule has 1 aromatic carbocycles. The van der Waals surface area contributed by atoms with Crippen molar-refractivity contribution >= 4 is 23.6 Å². The first-order valence-corrected chi connectivity index (χ1v) is 9.30. The Kier molecular flexibility index (Phi) is 4.96. The molecule has 2 aliphatic rings. The predicted molar refractivity (Wildman–Crippen MR) is 102 cm³/mol. The van der Waals surface area contributed by atoms with Gasteiger partial charge in [0.25, 0.3) is 5.91 Å². The summed E-state index contributed by atoms with van der Waals surface area (Å²) in [5, 5.41) is 2.80. The van der Waals surface area contributed by atoms with Crippen LogP contribution in [0.15, 0.2) is 47.3 Å². The molecule has 1 atom stereocenters. The highest BCUT2D eigenvalue weighted by atomic mass is 16.5. The number of rotatable bonds is 3. The largest absolute Gasteiger partial charge is 0.493 e. The van der Waals surface area contributed by atoms with Crippen molar-refractivity contribution in [2.45, 2.75) is 31.7 Å². The Morgan fingerprint density at radius 1 is 1.22 bits per heavy atom. The normalized spacial score (nSPS) is 19.6. The van der Waals surface area contributed by atoms with Gasteiger partial charge in [-0.2, -0.15) is 0 Å². The number of piperidine rings is 1. The Morgan fingerprint density at radius 3 is 3.00 bits per heavy atom. The fraction of sp³-hybridized carbons (Fsp3) is 0.333. The minimum absolute atomic E-state index is 0.0144. The number of hydrogen-bond donors (Lipinski definition) is 1. The number of hydrogen-bond acceptors (Lipinski definition) is 4. The van der Waals surface area contributed by atoms with Gasteiger partial charge in [0.05, 0.1) is 24.7 Å². The maximum Gasteiger partial charge on any atom is 0.257 e. The molecule has 0 spiro atoms. The van der Waals surface area contributed by atoms with Crippen molar-refractivity contribution in [1.29, 1.82) is 0 Å². The lowest BCUT2D eigenvalue weighted by Crippen LogP contribution is -2.45. The van der Waals surface area contributed by atoms with Crippen LogP contribution >= 0.6 is 0 Å². The van der Waals surface area contributed by atoms with E-state index in [4.69, 9.17) is 9.15 Å². The van der Waals surface area contributed by atoms with Crippen molar-refractivity contribution in [1.82, 2.24) is 4.90 Å². The van der Waals surface area contributed by atoms with E-state index in [0.717, 1.165) is 37.8 Å². The summed E-state index contributed by atoms with van der Waals surface area (Å²) in [7, 11) is 0. The van der Waals surface area contributed by atoms with Gasteiger partial charge in [-0.15, -0.1) is 0 Å². The first-order chi connectivity index (χ1) is 13.2. The van der Waals surface area contributed by atoms with Crippen molar-refractivity contribution in [3.8, 4) is 5.75 Å². The number of nitrogens with one attached hydrogen (secondary N) is 1. The molecule has 0 saturated carbocycles. The number of fused-ring (bicyclic) bond motifs is 2. The molecule has 140 valence electrons. The average molecular weight is 366 g/mol. The fourth-order valence-corrected chi connectivity index (χ4v) is 3.65. The number of furan rings is 1. The zero-order chi connectivity index (χ0) is 18.6. The first kappa shape index (κ1) is 17.4. The minimum Gasteiger partial charge on any atom is -0.493 e. The molecule has 27 heavy (non-hydrogen) atoms. The van der Waals surface area contributed by atoms with Crippen LogP contribution < -0.4 is 10.1 Å². The van der Waals surface area contributed by atoms with Crippen LogP contribution in [-0.4, -0.2) is 35.9 Å². The number of nitrogens with zero attached hydrogens (tertiary/aromatic N) is 1.